The van der Waals surface area contributed by atoms with E-state index in [-0.39, 0.29) is 29.2 Å². The van der Waals surface area contributed by atoms with E-state index in [0.29, 0.717) is 13.0 Å². The van der Waals surface area contributed by atoms with Crippen LogP contribution in [-0.4, -0.2) is 34.9 Å². The van der Waals surface area contributed by atoms with Crippen LogP contribution in [0.15, 0.2) is 22.6 Å². The summed E-state index contributed by atoms with van der Waals surface area (Å²) < 4.78 is 0. The first-order valence-electron chi connectivity index (χ1n) is 5.05. The molecule has 88 valence electrons. The van der Waals surface area contributed by atoms with E-state index in [1.54, 1.807) is 0 Å². The molecule has 0 unspecified atom stereocenters. The number of hydrogen-bond acceptors (Lipinski definition) is 5. The van der Waals surface area contributed by atoms with Crippen LogP contribution in [0.25, 0.3) is 0 Å². The summed E-state index contributed by atoms with van der Waals surface area (Å²) >= 11 is 0. The Hall–Kier alpha value is -1.62. The summed E-state index contributed by atoms with van der Waals surface area (Å²) in [6.07, 6.45) is 0.505. The predicted molar refractivity (Wildman–Crippen MR) is 57.7 cm³/mol. The third-order valence-electron chi connectivity index (χ3n) is 2.49. The molecule has 0 aromatic carbocycles. The van der Waals surface area contributed by atoms with Crippen molar-refractivity contribution in [3.63, 3.8) is 0 Å². The summed E-state index contributed by atoms with van der Waals surface area (Å²) in [6.45, 7) is 3.36. The van der Waals surface area contributed by atoms with E-state index in [9.17, 15) is 14.7 Å². The fourth-order valence-corrected chi connectivity index (χ4v) is 1.44. The monoisotopic (exact) mass is 225 g/mol. The number of carbonyl (C=O) groups excluding carboxylic acids is 2. The average molecular weight is 225 g/mol. The molecule has 0 atom stereocenters. The highest BCUT2D eigenvalue weighted by atomic mass is 16.3. The van der Waals surface area contributed by atoms with Crippen LogP contribution in [0, 0.1) is 0 Å². The minimum absolute atomic E-state index is 0.0235. The van der Waals surface area contributed by atoms with Crippen molar-refractivity contribution in [1.82, 2.24) is 5.32 Å². The summed E-state index contributed by atoms with van der Waals surface area (Å²) in [5.41, 5.74) is 0.559. The first-order chi connectivity index (χ1) is 7.50. The maximum absolute atomic E-state index is 11.5. The van der Waals surface area contributed by atoms with E-state index < -0.39 is 11.6 Å². The van der Waals surface area contributed by atoms with Crippen LogP contribution in [-0.2, 0) is 9.59 Å². The normalized spacial score (nSPS) is 17.2. The maximum atomic E-state index is 11.5. The zero-order chi connectivity index (χ0) is 12.3. The van der Waals surface area contributed by atoms with Gasteiger partial charge in [0.15, 0.2) is 0 Å². The molecule has 0 spiro atoms. The molecule has 0 aromatic rings. The quantitative estimate of drug-likeness (QED) is 0.362. The van der Waals surface area contributed by atoms with Gasteiger partial charge < -0.3 is 15.5 Å². The minimum atomic E-state index is -0.664. The van der Waals surface area contributed by atoms with Crippen molar-refractivity contribution in [3.8, 4) is 0 Å². The summed E-state index contributed by atoms with van der Waals surface area (Å²) in [4.78, 5) is 22.8. The number of allylic oxidation sites excluding steroid dienone is 2. The summed E-state index contributed by atoms with van der Waals surface area (Å²) in [5.74, 6) is -1.44. The van der Waals surface area contributed by atoms with Gasteiger partial charge in [-0.2, -0.15) is 0 Å². The van der Waals surface area contributed by atoms with Gasteiger partial charge >= 0.3 is 0 Å². The smallest absolute Gasteiger partial charge is 0.232 e. The third kappa shape index (κ3) is 2.14. The number of carbonyl (C=O) groups is 2. The van der Waals surface area contributed by atoms with Gasteiger partial charge in [0.25, 0.3) is 0 Å². The molecule has 1 aliphatic rings. The lowest BCUT2D eigenvalue weighted by Crippen LogP contribution is -2.30. The van der Waals surface area contributed by atoms with Crippen LogP contribution < -0.4 is 5.32 Å². The van der Waals surface area contributed by atoms with Gasteiger partial charge in [-0.15, -0.1) is 0 Å². The zero-order valence-corrected chi connectivity index (χ0v) is 9.33. The molecule has 0 saturated heterocycles. The topological polar surface area (TPSA) is 86.6 Å². The van der Waals surface area contributed by atoms with E-state index >= 15 is 0 Å². The fraction of sp³-hybridized carbons (Fsp3) is 0.455. The molecule has 3 N–H and O–H groups in total. The number of ketones is 2. The van der Waals surface area contributed by atoms with Crippen LogP contribution in [0.2, 0.25) is 0 Å². The fourth-order valence-electron chi connectivity index (χ4n) is 1.44. The van der Waals surface area contributed by atoms with Crippen molar-refractivity contribution in [2.24, 2.45) is 0 Å². The highest BCUT2D eigenvalue weighted by Crippen LogP contribution is 2.21. The van der Waals surface area contributed by atoms with Crippen LogP contribution in [0.3, 0.4) is 0 Å². The molecule has 0 bridgehead atoms. The largest absolute Gasteiger partial charge is 0.505 e. The molecule has 0 aromatic heterocycles. The Morgan fingerprint density at radius 2 is 1.69 bits per heavy atom. The predicted octanol–water partition coefficient (Wildman–Crippen LogP) is 0.216. The van der Waals surface area contributed by atoms with Gasteiger partial charge in [-0.05, 0) is 20.3 Å². The van der Waals surface area contributed by atoms with Gasteiger partial charge in [-0.3, -0.25) is 9.59 Å². The number of nitrogens with one attached hydrogen (secondary N) is 1. The van der Waals surface area contributed by atoms with Gasteiger partial charge in [0.2, 0.25) is 11.6 Å². The van der Waals surface area contributed by atoms with Crippen LogP contribution >= 0.6 is 0 Å². The Balaban J connectivity index is 2.96. The molecule has 0 aliphatic heterocycles. The SMILES string of the molecule is CC1=C(O)C(NCCCO)=C(C)C(=O)C1=O. The van der Waals surface area contributed by atoms with E-state index in [1.165, 1.54) is 13.8 Å². The lowest BCUT2D eigenvalue weighted by Gasteiger charge is -2.18. The van der Waals surface area contributed by atoms with Crippen molar-refractivity contribution in [2.75, 3.05) is 13.2 Å². The zero-order valence-electron chi connectivity index (χ0n) is 9.33. The first-order valence-corrected chi connectivity index (χ1v) is 5.05. The molecule has 0 radical (unpaired) electrons. The summed E-state index contributed by atoms with van der Waals surface area (Å²) in [7, 11) is 0. The number of Topliss-reactive ketones (excluding diaryl/α,β-unsaturated/α-hetero) is 2. The maximum Gasteiger partial charge on any atom is 0.232 e. The van der Waals surface area contributed by atoms with Crippen molar-refractivity contribution in [2.45, 2.75) is 20.3 Å². The Morgan fingerprint density at radius 3 is 2.25 bits per heavy atom. The molecule has 0 amide bonds. The molecule has 16 heavy (non-hydrogen) atoms. The number of rotatable bonds is 4. The lowest BCUT2D eigenvalue weighted by atomic mass is 9.93. The summed E-state index contributed by atoms with van der Waals surface area (Å²) in [5, 5.41) is 21.2. The standard InChI is InChI=1S/C11H15NO4/c1-6-8(12-4-3-5-13)9(14)7(2)11(16)10(6)15/h12-14H,3-5H2,1-2H3. The summed E-state index contributed by atoms with van der Waals surface area (Å²) in [6, 6.07) is 0. The Bertz CT molecular complexity index is 393. The molecule has 0 fully saturated rings. The molecule has 5 heteroatoms. The molecule has 1 aliphatic carbocycles. The van der Waals surface area contributed by atoms with Crippen molar-refractivity contribution < 1.29 is 19.8 Å². The number of aliphatic hydroxyl groups is 2. The average Bonchev–Trinajstić information content (AvgIpc) is 2.28. The van der Waals surface area contributed by atoms with Gasteiger partial charge in [0.05, 0.1) is 5.70 Å². The third-order valence-corrected chi connectivity index (χ3v) is 2.49. The molecule has 5 nitrogen and oxygen atoms in total. The molecule has 1 rings (SSSR count). The first kappa shape index (κ1) is 12.4. The second-order valence-corrected chi connectivity index (χ2v) is 3.64. The Labute approximate surface area is 93.5 Å². The van der Waals surface area contributed by atoms with E-state index in [2.05, 4.69) is 5.32 Å². The van der Waals surface area contributed by atoms with E-state index in [0.717, 1.165) is 0 Å². The lowest BCUT2D eigenvalue weighted by molar-refractivity contribution is -0.132. The van der Waals surface area contributed by atoms with Crippen molar-refractivity contribution in [3.05, 3.63) is 22.6 Å². The molecular formula is C11H15NO4. The van der Waals surface area contributed by atoms with Crippen LogP contribution in [0.5, 0.6) is 0 Å². The molecule has 0 heterocycles. The highest BCUT2D eigenvalue weighted by molar-refractivity contribution is 6.50. The molecule has 0 saturated carbocycles. The Morgan fingerprint density at radius 1 is 1.12 bits per heavy atom. The van der Waals surface area contributed by atoms with Crippen LogP contribution in [0.1, 0.15) is 20.3 Å². The minimum Gasteiger partial charge on any atom is -0.505 e. The number of hydrogen-bond donors (Lipinski definition) is 3. The van der Waals surface area contributed by atoms with Crippen molar-refractivity contribution in [1.29, 1.82) is 0 Å². The molecular weight excluding hydrogens is 210 g/mol. The van der Waals surface area contributed by atoms with Gasteiger partial charge in [0.1, 0.15) is 5.76 Å². The second kappa shape index (κ2) is 4.94. The van der Waals surface area contributed by atoms with E-state index in [1.807, 2.05) is 0 Å². The van der Waals surface area contributed by atoms with Gasteiger partial charge in [-0.25, -0.2) is 0 Å². The number of aliphatic hydroxyl groups excluding tert-OH is 2. The van der Waals surface area contributed by atoms with Crippen molar-refractivity contribution >= 4 is 11.6 Å². The van der Waals surface area contributed by atoms with E-state index in [4.69, 9.17) is 5.11 Å². The second-order valence-electron chi connectivity index (χ2n) is 3.64. The van der Waals surface area contributed by atoms with Crippen LogP contribution in [0.4, 0.5) is 0 Å². The highest BCUT2D eigenvalue weighted by Gasteiger charge is 2.30. The van der Waals surface area contributed by atoms with Gasteiger partial charge in [-0.1, -0.05) is 0 Å². The van der Waals surface area contributed by atoms with Gasteiger partial charge in [0, 0.05) is 24.3 Å². The Kier molecular flexibility index (Phi) is 3.84.